The third-order valence-electron chi connectivity index (χ3n) is 2.76. The fourth-order valence-corrected chi connectivity index (χ4v) is 2.42. The highest BCUT2D eigenvalue weighted by Gasteiger charge is 2.13. The summed E-state index contributed by atoms with van der Waals surface area (Å²) in [6, 6.07) is 7.55. The van der Waals surface area contributed by atoms with Crippen LogP contribution in [-0.2, 0) is 6.54 Å². The first kappa shape index (κ1) is 13.8. The van der Waals surface area contributed by atoms with Gasteiger partial charge in [0.05, 0.1) is 5.69 Å². The van der Waals surface area contributed by atoms with Crippen molar-refractivity contribution in [2.45, 2.75) is 26.8 Å². The number of hydrogen-bond donors (Lipinski definition) is 1. The summed E-state index contributed by atoms with van der Waals surface area (Å²) >= 11 is 3.45. The Morgan fingerprint density at radius 1 is 1.42 bits per heavy atom. The summed E-state index contributed by atoms with van der Waals surface area (Å²) in [5.74, 6) is -0.143. The van der Waals surface area contributed by atoms with E-state index < -0.39 is 0 Å². The molecule has 0 radical (unpaired) electrons. The van der Waals surface area contributed by atoms with Crippen molar-refractivity contribution < 1.29 is 4.79 Å². The molecule has 0 spiro atoms. The quantitative estimate of drug-likeness (QED) is 0.934. The van der Waals surface area contributed by atoms with Crippen molar-refractivity contribution in [2.75, 3.05) is 5.32 Å². The van der Waals surface area contributed by atoms with E-state index in [9.17, 15) is 4.79 Å². The molecule has 0 unspecified atom stereocenters. The molecule has 0 saturated heterocycles. The van der Waals surface area contributed by atoms with E-state index in [0.717, 1.165) is 28.7 Å². The van der Waals surface area contributed by atoms with Crippen molar-refractivity contribution in [3.63, 3.8) is 0 Å². The van der Waals surface area contributed by atoms with Crippen LogP contribution in [0.3, 0.4) is 0 Å². The van der Waals surface area contributed by atoms with Gasteiger partial charge in [-0.1, -0.05) is 13.0 Å². The standard InChI is InChI=1S/C14H16BrN3O/c1-3-8-18-13(6-7-16-18)14(19)17-12-5-4-10(2)9-11(12)15/h4-7,9H,3,8H2,1-2H3,(H,17,19). The lowest BCUT2D eigenvalue weighted by Gasteiger charge is -2.09. The van der Waals surface area contributed by atoms with Gasteiger partial charge in [-0.15, -0.1) is 0 Å². The number of halogens is 1. The SMILES string of the molecule is CCCn1nccc1C(=O)Nc1ccc(C)cc1Br. The van der Waals surface area contributed by atoms with Crippen molar-refractivity contribution in [3.8, 4) is 0 Å². The van der Waals surface area contributed by atoms with E-state index in [-0.39, 0.29) is 5.91 Å². The molecule has 0 atom stereocenters. The number of amides is 1. The molecule has 0 aliphatic heterocycles. The molecule has 4 nitrogen and oxygen atoms in total. The summed E-state index contributed by atoms with van der Waals surface area (Å²) < 4.78 is 2.60. The highest BCUT2D eigenvalue weighted by molar-refractivity contribution is 9.10. The first-order valence-electron chi connectivity index (χ1n) is 6.21. The molecule has 0 aliphatic rings. The van der Waals surface area contributed by atoms with Gasteiger partial charge in [0.25, 0.3) is 5.91 Å². The molecule has 1 N–H and O–H groups in total. The summed E-state index contributed by atoms with van der Waals surface area (Å²) in [4.78, 5) is 12.2. The van der Waals surface area contributed by atoms with E-state index in [1.54, 1.807) is 16.9 Å². The van der Waals surface area contributed by atoms with Crippen LogP contribution in [0.15, 0.2) is 34.9 Å². The normalized spacial score (nSPS) is 10.5. The number of hydrogen-bond acceptors (Lipinski definition) is 2. The summed E-state index contributed by atoms with van der Waals surface area (Å²) in [5, 5.41) is 7.04. The molecule has 1 aromatic carbocycles. The largest absolute Gasteiger partial charge is 0.320 e. The maximum Gasteiger partial charge on any atom is 0.273 e. The minimum absolute atomic E-state index is 0.143. The number of carbonyl (C=O) groups excluding carboxylic acids is 1. The fourth-order valence-electron chi connectivity index (χ4n) is 1.82. The first-order valence-corrected chi connectivity index (χ1v) is 7.00. The number of aromatic nitrogens is 2. The van der Waals surface area contributed by atoms with Crippen LogP contribution in [0.2, 0.25) is 0 Å². The lowest BCUT2D eigenvalue weighted by molar-refractivity contribution is 0.101. The molecule has 0 aliphatic carbocycles. The number of anilines is 1. The van der Waals surface area contributed by atoms with Crippen LogP contribution in [0.25, 0.3) is 0 Å². The van der Waals surface area contributed by atoms with Gasteiger partial charge < -0.3 is 5.32 Å². The van der Waals surface area contributed by atoms with Crippen molar-refractivity contribution in [1.82, 2.24) is 9.78 Å². The summed E-state index contributed by atoms with van der Waals surface area (Å²) in [5.41, 5.74) is 2.48. The average Bonchev–Trinajstić information content (AvgIpc) is 2.81. The molecule has 19 heavy (non-hydrogen) atoms. The van der Waals surface area contributed by atoms with E-state index in [1.807, 2.05) is 25.1 Å². The molecule has 0 fully saturated rings. The van der Waals surface area contributed by atoms with E-state index >= 15 is 0 Å². The molecule has 100 valence electrons. The van der Waals surface area contributed by atoms with Crippen LogP contribution in [0.4, 0.5) is 5.69 Å². The third-order valence-corrected chi connectivity index (χ3v) is 3.41. The van der Waals surface area contributed by atoms with Crippen molar-refractivity contribution in [1.29, 1.82) is 0 Å². The number of benzene rings is 1. The van der Waals surface area contributed by atoms with Gasteiger partial charge in [-0.25, -0.2) is 0 Å². The molecular formula is C14H16BrN3O. The van der Waals surface area contributed by atoms with Gasteiger partial charge in [0.1, 0.15) is 5.69 Å². The van der Waals surface area contributed by atoms with Crippen molar-refractivity contribution in [3.05, 3.63) is 46.2 Å². The number of aryl methyl sites for hydroxylation is 2. The van der Waals surface area contributed by atoms with Crippen LogP contribution >= 0.6 is 15.9 Å². The number of rotatable bonds is 4. The zero-order valence-electron chi connectivity index (χ0n) is 11.0. The molecule has 1 amide bonds. The summed E-state index contributed by atoms with van der Waals surface area (Å²) in [6.45, 7) is 4.80. The molecule has 0 bridgehead atoms. The van der Waals surface area contributed by atoms with E-state index in [0.29, 0.717) is 5.69 Å². The van der Waals surface area contributed by atoms with E-state index in [1.165, 1.54) is 0 Å². The van der Waals surface area contributed by atoms with Gasteiger partial charge in [-0.05, 0) is 53.0 Å². The predicted molar refractivity (Wildman–Crippen MR) is 79.4 cm³/mol. The Balaban J connectivity index is 2.18. The minimum Gasteiger partial charge on any atom is -0.320 e. The molecule has 5 heteroatoms. The first-order chi connectivity index (χ1) is 9.11. The lowest BCUT2D eigenvalue weighted by atomic mass is 10.2. The van der Waals surface area contributed by atoms with Gasteiger partial charge in [0.2, 0.25) is 0 Å². The topological polar surface area (TPSA) is 46.9 Å². The van der Waals surface area contributed by atoms with Crippen molar-refractivity contribution >= 4 is 27.5 Å². The molecule has 2 rings (SSSR count). The Hall–Kier alpha value is -1.62. The van der Waals surface area contributed by atoms with Crippen LogP contribution < -0.4 is 5.32 Å². The van der Waals surface area contributed by atoms with Gasteiger partial charge in [-0.2, -0.15) is 5.10 Å². The smallest absolute Gasteiger partial charge is 0.273 e. The lowest BCUT2D eigenvalue weighted by Crippen LogP contribution is -2.18. The number of carbonyl (C=O) groups is 1. The highest BCUT2D eigenvalue weighted by atomic mass is 79.9. The van der Waals surface area contributed by atoms with Crippen LogP contribution in [0, 0.1) is 6.92 Å². The molecule has 2 aromatic rings. The second-order valence-electron chi connectivity index (χ2n) is 4.38. The van der Waals surface area contributed by atoms with Crippen molar-refractivity contribution in [2.24, 2.45) is 0 Å². The Morgan fingerprint density at radius 2 is 2.21 bits per heavy atom. The van der Waals surface area contributed by atoms with Crippen LogP contribution in [0.5, 0.6) is 0 Å². The number of nitrogens with one attached hydrogen (secondary N) is 1. The minimum atomic E-state index is -0.143. The van der Waals surface area contributed by atoms with E-state index in [2.05, 4.69) is 33.3 Å². The third kappa shape index (κ3) is 3.23. The van der Waals surface area contributed by atoms with Gasteiger partial charge in [-0.3, -0.25) is 9.48 Å². The fraction of sp³-hybridized carbons (Fsp3) is 0.286. The van der Waals surface area contributed by atoms with Crippen LogP contribution in [0.1, 0.15) is 29.4 Å². The Morgan fingerprint density at radius 3 is 2.89 bits per heavy atom. The summed E-state index contributed by atoms with van der Waals surface area (Å²) in [6.07, 6.45) is 2.59. The van der Waals surface area contributed by atoms with Gasteiger partial charge in [0.15, 0.2) is 0 Å². The Bertz CT molecular complexity index is 592. The monoisotopic (exact) mass is 321 g/mol. The second kappa shape index (κ2) is 6.02. The zero-order chi connectivity index (χ0) is 13.8. The average molecular weight is 322 g/mol. The highest BCUT2D eigenvalue weighted by Crippen LogP contribution is 2.23. The maximum atomic E-state index is 12.2. The molecule has 1 heterocycles. The Kier molecular flexibility index (Phi) is 4.37. The predicted octanol–water partition coefficient (Wildman–Crippen LogP) is 3.62. The molecular weight excluding hydrogens is 306 g/mol. The molecule has 1 aromatic heterocycles. The summed E-state index contributed by atoms with van der Waals surface area (Å²) in [7, 11) is 0. The van der Waals surface area contributed by atoms with Gasteiger partial charge in [0, 0.05) is 17.2 Å². The van der Waals surface area contributed by atoms with E-state index in [4.69, 9.17) is 0 Å². The second-order valence-corrected chi connectivity index (χ2v) is 5.23. The maximum absolute atomic E-state index is 12.2. The van der Waals surface area contributed by atoms with Gasteiger partial charge >= 0.3 is 0 Å². The Labute approximate surface area is 120 Å². The zero-order valence-corrected chi connectivity index (χ0v) is 12.6. The molecule has 0 saturated carbocycles. The number of nitrogens with zero attached hydrogens (tertiary/aromatic N) is 2. The van der Waals surface area contributed by atoms with Crippen LogP contribution in [-0.4, -0.2) is 15.7 Å².